The summed E-state index contributed by atoms with van der Waals surface area (Å²) >= 11 is 0. The van der Waals surface area contributed by atoms with Crippen LogP contribution in [-0.4, -0.2) is 22.5 Å². The van der Waals surface area contributed by atoms with Gasteiger partial charge in [-0.2, -0.15) is 13.2 Å². The maximum absolute atomic E-state index is 12.9. The zero-order valence-electron chi connectivity index (χ0n) is 12.7. The molecule has 2 rings (SSSR count). The van der Waals surface area contributed by atoms with E-state index < -0.39 is 27.6 Å². The van der Waals surface area contributed by atoms with Crippen molar-refractivity contribution in [2.45, 2.75) is 11.1 Å². The monoisotopic (exact) mass is 362 g/mol. The van der Waals surface area contributed by atoms with Crippen LogP contribution in [0.4, 0.5) is 28.9 Å². The van der Waals surface area contributed by atoms with E-state index in [-0.39, 0.29) is 16.3 Å². The van der Waals surface area contributed by atoms with Gasteiger partial charge in [0.05, 0.1) is 21.8 Å². The standard InChI is InChI=1S/C15H14F4N2O2S/c1-21(2)14-8-3-10(15(17,18)19)9-13(14)20-24(22,23)12-6-4-11(16)5-7-12/h3-9,20H,1-2H3. The van der Waals surface area contributed by atoms with E-state index in [0.717, 1.165) is 36.4 Å². The molecule has 0 aliphatic heterocycles. The second kappa shape index (κ2) is 6.31. The van der Waals surface area contributed by atoms with Crippen LogP contribution >= 0.6 is 0 Å². The molecule has 1 N–H and O–H groups in total. The average Bonchev–Trinajstić information content (AvgIpc) is 2.46. The second-order valence-electron chi connectivity index (χ2n) is 5.18. The summed E-state index contributed by atoms with van der Waals surface area (Å²) in [5.41, 5.74) is -0.947. The smallest absolute Gasteiger partial charge is 0.376 e. The van der Waals surface area contributed by atoms with Gasteiger partial charge < -0.3 is 4.90 Å². The Morgan fingerprint density at radius 2 is 1.58 bits per heavy atom. The summed E-state index contributed by atoms with van der Waals surface area (Å²) in [5, 5.41) is 0. The van der Waals surface area contributed by atoms with Crippen LogP contribution in [0.5, 0.6) is 0 Å². The molecule has 0 atom stereocenters. The van der Waals surface area contributed by atoms with Gasteiger partial charge in [-0.15, -0.1) is 0 Å². The number of nitrogens with zero attached hydrogens (tertiary/aromatic N) is 1. The van der Waals surface area contributed by atoms with Gasteiger partial charge in [-0.05, 0) is 42.5 Å². The van der Waals surface area contributed by atoms with Gasteiger partial charge in [0.25, 0.3) is 10.0 Å². The van der Waals surface area contributed by atoms with Crippen molar-refractivity contribution in [3.8, 4) is 0 Å². The van der Waals surface area contributed by atoms with E-state index in [0.29, 0.717) is 0 Å². The molecule has 130 valence electrons. The molecule has 0 aromatic heterocycles. The van der Waals surface area contributed by atoms with E-state index in [2.05, 4.69) is 4.72 Å². The van der Waals surface area contributed by atoms with Gasteiger partial charge in [-0.25, -0.2) is 12.8 Å². The van der Waals surface area contributed by atoms with Gasteiger partial charge in [0, 0.05) is 14.1 Å². The fraction of sp³-hybridized carbons (Fsp3) is 0.200. The first-order chi connectivity index (χ1) is 11.0. The number of nitrogens with one attached hydrogen (secondary N) is 1. The maximum atomic E-state index is 12.9. The summed E-state index contributed by atoms with van der Waals surface area (Å²) in [4.78, 5) is 1.22. The Morgan fingerprint density at radius 1 is 1.00 bits per heavy atom. The largest absolute Gasteiger partial charge is 0.416 e. The molecule has 0 spiro atoms. The van der Waals surface area contributed by atoms with Crippen LogP contribution in [-0.2, 0) is 16.2 Å². The molecule has 0 heterocycles. The van der Waals surface area contributed by atoms with E-state index in [1.165, 1.54) is 11.0 Å². The highest BCUT2D eigenvalue weighted by Gasteiger charge is 2.31. The second-order valence-corrected chi connectivity index (χ2v) is 6.87. The summed E-state index contributed by atoms with van der Waals surface area (Å²) in [6.07, 6.45) is -4.61. The van der Waals surface area contributed by atoms with Crippen molar-refractivity contribution in [2.24, 2.45) is 0 Å². The highest BCUT2D eigenvalue weighted by molar-refractivity contribution is 7.92. The molecular weight excluding hydrogens is 348 g/mol. The highest BCUT2D eigenvalue weighted by atomic mass is 32.2. The quantitative estimate of drug-likeness (QED) is 0.844. The van der Waals surface area contributed by atoms with Crippen molar-refractivity contribution in [3.63, 3.8) is 0 Å². The Kier molecular flexibility index (Phi) is 4.75. The van der Waals surface area contributed by atoms with Crippen LogP contribution < -0.4 is 9.62 Å². The van der Waals surface area contributed by atoms with Crippen LogP contribution in [0, 0.1) is 5.82 Å². The fourth-order valence-corrected chi connectivity index (χ4v) is 3.07. The number of rotatable bonds is 4. The van der Waals surface area contributed by atoms with E-state index >= 15 is 0 Å². The Hall–Kier alpha value is -2.29. The van der Waals surface area contributed by atoms with Crippen LogP contribution in [0.25, 0.3) is 0 Å². The molecule has 0 aliphatic rings. The maximum Gasteiger partial charge on any atom is 0.416 e. The lowest BCUT2D eigenvalue weighted by atomic mass is 10.1. The van der Waals surface area contributed by atoms with Gasteiger partial charge >= 0.3 is 6.18 Å². The molecule has 0 saturated heterocycles. The molecule has 0 aliphatic carbocycles. The first-order valence-electron chi connectivity index (χ1n) is 6.67. The van der Waals surface area contributed by atoms with E-state index in [9.17, 15) is 26.0 Å². The van der Waals surface area contributed by atoms with Crippen molar-refractivity contribution in [1.82, 2.24) is 0 Å². The van der Waals surface area contributed by atoms with Gasteiger partial charge in [0.1, 0.15) is 5.82 Å². The van der Waals surface area contributed by atoms with Crippen LogP contribution in [0.3, 0.4) is 0 Å². The summed E-state index contributed by atoms with van der Waals surface area (Å²) in [7, 11) is -1.02. The Balaban J connectivity index is 2.48. The third-order valence-corrected chi connectivity index (χ3v) is 4.56. The molecule has 0 saturated carbocycles. The normalized spacial score (nSPS) is 12.1. The van der Waals surface area contributed by atoms with E-state index in [1.807, 2.05) is 0 Å². The summed E-state index contributed by atoms with van der Waals surface area (Å²) in [5.74, 6) is -0.623. The number of halogens is 4. The number of hydrogen-bond acceptors (Lipinski definition) is 3. The van der Waals surface area contributed by atoms with Crippen molar-refractivity contribution in [1.29, 1.82) is 0 Å². The minimum atomic E-state index is -4.61. The van der Waals surface area contributed by atoms with Gasteiger partial charge in [0.15, 0.2) is 0 Å². The summed E-state index contributed by atoms with van der Waals surface area (Å²) in [6, 6.07) is 6.72. The van der Waals surface area contributed by atoms with Crippen LogP contribution in [0.2, 0.25) is 0 Å². The van der Waals surface area contributed by atoms with Gasteiger partial charge in [0.2, 0.25) is 0 Å². The minimum Gasteiger partial charge on any atom is -0.376 e. The molecule has 0 radical (unpaired) electrons. The molecule has 0 amide bonds. The Bertz CT molecular complexity index is 832. The number of hydrogen-bond donors (Lipinski definition) is 1. The van der Waals surface area contributed by atoms with E-state index in [4.69, 9.17) is 0 Å². The lowest BCUT2D eigenvalue weighted by molar-refractivity contribution is -0.137. The first kappa shape index (κ1) is 18.1. The molecule has 0 fully saturated rings. The Labute approximate surface area is 136 Å². The van der Waals surface area contributed by atoms with Crippen molar-refractivity contribution < 1.29 is 26.0 Å². The SMILES string of the molecule is CN(C)c1ccc(C(F)(F)F)cc1NS(=O)(=O)c1ccc(F)cc1. The fourth-order valence-electron chi connectivity index (χ4n) is 2.00. The Morgan fingerprint density at radius 3 is 2.08 bits per heavy atom. The van der Waals surface area contributed by atoms with Gasteiger partial charge in [-0.1, -0.05) is 0 Å². The summed E-state index contributed by atoms with van der Waals surface area (Å²) in [6.45, 7) is 0. The highest BCUT2D eigenvalue weighted by Crippen LogP contribution is 2.35. The predicted octanol–water partition coefficient (Wildman–Crippen LogP) is 3.71. The van der Waals surface area contributed by atoms with Crippen molar-refractivity contribution in [3.05, 3.63) is 53.8 Å². The third-order valence-electron chi connectivity index (χ3n) is 3.17. The zero-order chi connectivity index (χ0) is 18.1. The first-order valence-corrected chi connectivity index (χ1v) is 8.16. The van der Waals surface area contributed by atoms with Crippen molar-refractivity contribution >= 4 is 21.4 Å². The van der Waals surface area contributed by atoms with Gasteiger partial charge in [-0.3, -0.25) is 4.72 Å². The average molecular weight is 362 g/mol. The zero-order valence-corrected chi connectivity index (χ0v) is 13.5. The number of anilines is 2. The summed E-state index contributed by atoms with van der Waals surface area (Å²) < 4.78 is 78.3. The van der Waals surface area contributed by atoms with Crippen molar-refractivity contribution in [2.75, 3.05) is 23.7 Å². The molecule has 4 nitrogen and oxygen atoms in total. The molecule has 0 bridgehead atoms. The molecule has 24 heavy (non-hydrogen) atoms. The lowest BCUT2D eigenvalue weighted by Crippen LogP contribution is -2.18. The topological polar surface area (TPSA) is 49.4 Å². The molecule has 2 aromatic rings. The number of sulfonamides is 1. The van der Waals surface area contributed by atoms with E-state index in [1.54, 1.807) is 14.1 Å². The molecular formula is C15H14F4N2O2S. The van der Waals surface area contributed by atoms with Crippen LogP contribution in [0.15, 0.2) is 47.4 Å². The molecule has 2 aromatic carbocycles. The van der Waals surface area contributed by atoms with Crippen LogP contribution in [0.1, 0.15) is 5.56 Å². The lowest BCUT2D eigenvalue weighted by Gasteiger charge is -2.20. The molecule has 9 heteroatoms. The molecule has 0 unspecified atom stereocenters. The third kappa shape index (κ3) is 3.97. The number of alkyl halides is 3. The predicted molar refractivity (Wildman–Crippen MR) is 83.0 cm³/mol. The minimum absolute atomic E-state index is 0.223. The number of benzene rings is 2.